The summed E-state index contributed by atoms with van der Waals surface area (Å²) in [5, 5.41) is 5.16. The second-order valence-electron chi connectivity index (χ2n) is 6.87. The van der Waals surface area contributed by atoms with E-state index in [2.05, 4.69) is 22.2 Å². The summed E-state index contributed by atoms with van der Waals surface area (Å²) in [5.74, 6) is 1.01. The summed E-state index contributed by atoms with van der Waals surface area (Å²) >= 11 is 6.20. The Kier molecular flexibility index (Phi) is 4.18. The molecular weight excluding hydrogens is 336 g/mol. The fourth-order valence-electron chi connectivity index (χ4n) is 3.40. The van der Waals surface area contributed by atoms with Crippen LogP contribution in [-0.2, 0) is 10.4 Å². The quantitative estimate of drug-likeness (QED) is 0.601. The molecule has 0 N–H and O–H groups in total. The van der Waals surface area contributed by atoms with Crippen molar-refractivity contribution in [3.8, 4) is 5.75 Å². The van der Waals surface area contributed by atoms with Crippen LogP contribution in [0.2, 0.25) is 5.02 Å². The highest BCUT2D eigenvalue weighted by Crippen LogP contribution is 2.60. The van der Waals surface area contributed by atoms with Gasteiger partial charge in [0.15, 0.2) is 0 Å². The van der Waals surface area contributed by atoms with Gasteiger partial charge in [-0.1, -0.05) is 47.1 Å². The molecular formula is C20H21ClN2O2. The lowest BCUT2D eigenvalue weighted by atomic mass is 9.96. The molecule has 2 unspecified atom stereocenters. The van der Waals surface area contributed by atoms with Crippen LogP contribution in [0, 0.1) is 5.92 Å². The van der Waals surface area contributed by atoms with Crippen molar-refractivity contribution in [3.63, 3.8) is 0 Å². The molecule has 1 fully saturated rings. The van der Waals surface area contributed by atoms with Gasteiger partial charge in [0, 0.05) is 23.6 Å². The third kappa shape index (κ3) is 3.00. The molecule has 0 spiro atoms. The number of fused-ring (bicyclic) bond motifs is 2. The van der Waals surface area contributed by atoms with Crippen molar-refractivity contribution >= 4 is 17.3 Å². The molecule has 0 radical (unpaired) electrons. The molecule has 0 bridgehead atoms. The van der Waals surface area contributed by atoms with Gasteiger partial charge in [0.1, 0.15) is 18.0 Å². The molecule has 1 aliphatic heterocycles. The Labute approximate surface area is 153 Å². The Morgan fingerprint density at radius 2 is 2.04 bits per heavy atom. The van der Waals surface area contributed by atoms with Crippen LogP contribution in [0.15, 0.2) is 53.7 Å². The highest BCUT2D eigenvalue weighted by molar-refractivity contribution is 6.31. The van der Waals surface area contributed by atoms with E-state index in [1.54, 1.807) is 0 Å². The van der Waals surface area contributed by atoms with Crippen LogP contribution in [0.3, 0.4) is 0 Å². The van der Waals surface area contributed by atoms with Gasteiger partial charge in [-0.25, -0.2) is 0 Å². The Balaban J connectivity index is 1.68. The molecule has 5 heteroatoms. The van der Waals surface area contributed by atoms with Crippen LogP contribution in [-0.4, -0.2) is 37.9 Å². The number of nitrogens with zero attached hydrogens (tertiary/aromatic N) is 2. The zero-order chi connectivity index (χ0) is 17.4. The van der Waals surface area contributed by atoms with E-state index in [0.717, 1.165) is 30.0 Å². The molecule has 25 heavy (non-hydrogen) atoms. The van der Waals surface area contributed by atoms with Crippen LogP contribution in [0.4, 0.5) is 0 Å². The monoisotopic (exact) mass is 356 g/mol. The maximum absolute atomic E-state index is 6.41. The van der Waals surface area contributed by atoms with Gasteiger partial charge >= 0.3 is 0 Å². The van der Waals surface area contributed by atoms with Crippen molar-refractivity contribution in [2.45, 2.75) is 12.0 Å². The van der Waals surface area contributed by atoms with E-state index < -0.39 is 0 Å². The molecule has 1 aliphatic carbocycles. The Morgan fingerprint density at radius 3 is 2.80 bits per heavy atom. The van der Waals surface area contributed by atoms with Gasteiger partial charge in [-0.3, -0.25) is 0 Å². The van der Waals surface area contributed by atoms with Crippen molar-refractivity contribution in [2.24, 2.45) is 11.1 Å². The first-order valence-corrected chi connectivity index (χ1v) is 8.87. The molecule has 2 aliphatic rings. The number of rotatable bonds is 5. The largest absolute Gasteiger partial charge is 0.481 e. The van der Waals surface area contributed by atoms with Gasteiger partial charge in [0.05, 0.1) is 11.6 Å². The molecule has 1 saturated carbocycles. The van der Waals surface area contributed by atoms with Gasteiger partial charge in [0.2, 0.25) is 0 Å². The zero-order valence-electron chi connectivity index (χ0n) is 14.4. The second-order valence-corrected chi connectivity index (χ2v) is 7.30. The van der Waals surface area contributed by atoms with E-state index in [1.807, 2.05) is 50.5 Å². The van der Waals surface area contributed by atoms with Crippen LogP contribution in [0.25, 0.3) is 0 Å². The van der Waals surface area contributed by atoms with Crippen LogP contribution in [0.1, 0.15) is 17.5 Å². The first-order chi connectivity index (χ1) is 12.1. The fourth-order valence-corrected chi connectivity index (χ4v) is 3.57. The SMILES string of the molecule is CN(C)CCON=C1c2cc(Cl)ccc2OC2(c3ccccc3)CC12. The number of likely N-dealkylation sites (N-methyl/N-ethyl adjacent to an activating group) is 1. The van der Waals surface area contributed by atoms with Crippen LogP contribution >= 0.6 is 11.6 Å². The number of oxime groups is 1. The highest BCUT2D eigenvalue weighted by Gasteiger charge is 2.64. The van der Waals surface area contributed by atoms with Crippen LogP contribution < -0.4 is 4.74 Å². The number of hydrogen-bond acceptors (Lipinski definition) is 4. The van der Waals surface area contributed by atoms with Crippen molar-refractivity contribution in [2.75, 3.05) is 27.2 Å². The smallest absolute Gasteiger partial charge is 0.143 e. The van der Waals surface area contributed by atoms with Crippen molar-refractivity contribution in [1.82, 2.24) is 4.90 Å². The van der Waals surface area contributed by atoms with Crippen molar-refractivity contribution in [3.05, 3.63) is 64.7 Å². The van der Waals surface area contributed by atoms with E-state index in [0.29, 0.717) is 11.6 Å². The molecule has 0 aromatic heterocycles. The fraction of sp³-hybridized carbons (Fsp3) is 0.350. The predicted octanol–water partition coefficient (Wildman–Crippen LogP) is 3.93. The zero-order valence-corrected chi connectivity index (χ0v) is 15.2. The first kappa shape index (κ1) is 16.4. The van der Waals surface area contributed by atoms with E-state index >= 15 is 0 Å². The van der Waals surface area contributed by atoms with Gasteiger partial charge in [-0.05, 0) is 37.9 Å². The Hall–Kier alpha value is -2.04. The predicted molar refractivity (Wildman–Crippen MR) is 99.4 cm³/mol. The van der Waals surface area contributed by atoms with E-state index in [4.69, 9.17) is 21.2 Å². The maximum Gasteiger partial charge on any atom is 0.143 e. The molecule has 1 heterocycles. The summed E-state index contributed by atoms with van der Waals surface area (Å²) in [7, 11) is 4.03. The molecule has 0 saturated heterocycles. The maximum atomic E-state index is 6.41. The summed E-state index contributed by atoms with van der Waals surface area (Å²) in [6.07, 6.45) is 0.902. The van der Waals surface area contributed by atoms with Gasteiger partial charge in [-0.15, -0.1) is 0 Å². The Bertz CT molecular complexity index is 807. The topological polar surface area (TPSA) is 34.1 Å². The lowest BCUT2D eigenvalue weighted by Crippen LogP contribution is -2.28. The number of halogens is 1. The second kappa shape index (κ2) is 6.36. The Morgan fingerprint density at radius 1 is 1.24 bits per heavy atom. The number of ether oxygens (including phenoxy) is 1. The highest BCUT2D eigenvalue weighted by atomic mass is 35.5. The van der Waals surface area contributed by atoms with Crippen LogP contribution in [0.5, 0.6) is 5.75 Å². The average Bonchev–Trinajstić information content (AvgIpc) is 3.34. The van der Waals surface area contributed by atoms with Gasteiger partial charge in [0.25, 0.3) is 0 Å². The average molecular weight is 357 g/mol. The van der Waals surface area contributed by atoms with Crippen molar-refractivity contribution in [1.29, 1.82) is 0 Å². The molecule has 130 valence electrons. The summed E-state index contributed by atoms with van der Waals surface area (Å²) in [6.45, 7) is 1.38. The number of benzene rings is 2. The number of hydrogen-bond donors (Lipinski definition) is 0. The summed E-state index contributed by atoms with van der Waals surface area (Å²) in [4.78, 5) is 7.68. The molecule has 2 atom stereocenters. The van der Waals surface area contributed by atoms with E-state index in [-0.39, 0.29) is 11.5 Å². The van der Waals surface area contributed by atoms with E-state index in [9.17, 15) is 0 Å². The third-order valence-corrected chi connectivity index (χ3v) is 5.04. The standard InChI is InChI=1S/C20H21ClN2O2/c1-23(2)10-11-24-22-19-16-12-15(21)8-9-18(16)25-20(13-17(19)20)14-6-4-3-5-7-14/h3-9,12,17H,10-11,13H2,1-2H3. The minimum absolute atomic E-state index is 0.195. The minimum Gasteiger partial charge on any atom is -0.481 e. The lowest BCUT2D eigenvalue weighted by Gasteiger charge is -2.27. The van der Waals surface area contributed by atoms with Gasteiger partial charge < -0.3 is 14.5 Å². The lowest BCUT2D eigenvalue weighted by molar-refractivity contribution is 0.121. The van der Waals surface area contributed by atoms with E-state index in [1.165, 1.54) is 5.56 Å². The third-order valence-electron chi connectivity index (χ3n) is 4.80. The summed E-state index contributed by atoms with van der Waals surface area (Å²) in [6, 6.07) is 16.0. The molecule has 4 nitrogen and oxygen atoms in total. The molecule has 0 amide bonds. The minimum atomic E-state index is -0.328. The molecule has 2 aromatic carbocycles. The normalized spacial score (nSPS) is 25.3. The molecule has 2 aromatic rings. The first-order valence-electron chi connectivity index (χ1n) is 8.49. The van der Waals surface area contributed by atoms with Crippen molar-refractivity contribution < 1.29 is 9.57 Å². The summed E-state index contributed by atoms with van der Waals surface area (Å²) < 4.78 is 6.41. The molecule has 4 rings (SSSR count). The van der Waals surface area contributed by atoms with Gasteiger partial charge in [-0.2, -0.15) is 0 Å². The summed E-state index contributed by atoms with van der Waals surface area (Å²) in [5.41, 5.74) is 2.73.